The summed E-state index contributed by atoms with van der Waals surface area (Å²) in [6, 6.07) is 23.7. The summed E-state index contributed by atoms with van der Waals surface area (Å²) < 4.78 is 2.41. The second kappa shape index (κ2) is 7.19. The molecule has 2 nitrogen and oxygen atoms in total. The third-order valence-corrected chi connectivity index (χ3v) is 6.04. The Kier molecular flexibility index (Phi) is 5.10. The lowest BCUT2D eigenvalue weighted by molar-refractivity contribution is -0.744. The first-order valence-electron chi connectivity index (χ1n) is 9.89. The lowest BCUT2D eigenvalue weighted by atomic mass is 9.71. The van der Waals surface area contributed by atoms with Gasteiger partial charge in [-0.3, -0.25) is 0 Å². The number of aromatic amines is 1. The lowest BCUT2D eigenvalue weighted by Gasteiger charge is -2.36. The first kappa shape index (κ1) is 19.2. The topological polar surface area (TPSA) is 19.7 Å². The molecule has 4 rings (SSSR count). The smallest absolute Gasteiger partial charge is 0.212 e. The molecule has 140 valence electrons. The van der Waals surface area contributed by atoms with Crippen LogP contribution in [0, 0.1) is 0 Å². The van der Waals surface area contributed by atoms with Gasteiger partial charge in [0.05, 0.1) is 5.41 Å². The summed E-state index contributed by atoms with van der Waals surface area (Å²) in [6.07, 6.45) is 2.20. The number of aromatic nitrogens is 2. The summed E-state index contributed by atoms with van der Waals surface area (Å²) in [4.78, 5) is 3.65. The van der Waals surface area contributed by atoms with E-state index in [0.29, 0.717) is 0 Å². The minimum atomic E-state index is -0.116. The molecule has 0 amide bonds. The van der Waals surface area contributed by atoms with Crippen molar-refractivity contribution in [3.8, 4) is 0 Å². The molecule has 0 radical (unpaired) electrons. The highest BCUT2D eigenvalue weighted by Gasteiger charge is 2.48. The molecule has 0 saturated carbocycles. The SMILES string of the molecule is CC.CC(C)(c1cc2ccccc2[nH]1)C(C)(C)[n+]1cccc2ccccc21. The van der Waals surface area contributed by atoms with Crippen LogP contribution in [0.25, 0.3) is 21.8 Å². The van der Waals surface area contributed by atoms with Gasteiger partial charge in [-0.05, 0) is 43.5 Å². The molecule has 0 aliphatic heterocycles. The van der Waals surface area contributed by atoms with Crippen molar-refractivity contribution in [1.29, 1.82) is 0 Å². The van der Waals surface area contributed by atoms with Crippen molar-refractivity contribution in [2.75, 3.05) is 0 Å². The van der Waals surface area contributed by atoms with Gasteiger partial charge >= 0.3 is 0 Å². The molecule has 27 heavy (non-hydrogen) atoms. The van der Waals surface area contributed by atoms with Crippen molar-refractivity contribution in [3.63, 3.8) is 0 Å². The van der Waals surface area contributed by atoms with E-state index in [-0.39, 0.29) is 11.0 Å². The highest BCUT2D eigenvalue weighted by atomic mass is 15.1. The minimum Gasteiger partial charge on any atom is -0.358 e. The van der Waals surface area contributed by atoms with Crippen LogP contribution in [0.5, 0.6) is 0 Å². The van der Waals surface area contributed by atoms with Gasteiger partial charge in [-0.2, -0.15) is 4.57 Å². The Morgan fingerprint density at radius 2 is 1.33 bits per heavy atom. The Hall–Kier alpha value is -2.61. The molecular formula is C25H31N2+. The van der Waals surface area contributed by atoms with Gasteiger partial charge in [0.15, 0.2) is 11.7 Å². The Bertz CT molecular complexity index is 1020. The van der Waals surface area contributed by atoms with Crippen molar-refractivity contribution in [3.05, 3.63) is 78.6 Å². The Morgan fingerprint density at radius 3 is 2.04 bits per heavy atom. The number of pyridine rings is 1. The molecule has 0 atom stereocenters. The third kappa shape index (κ3) is 3.14. The molecule has 0 bridgehead atoms. The normalized spacial score (nSPS) is 12.1. The standard InChI is InChI=1S/C23H25N2.C2H6/c1-22(2,21-16-18-11-5-7-13-19(18)24-21)23(3,4)25-15-9-12-17-10-6-8-14-20(17)25;1-2/h5-16,24H,1-4H3;1-2H3/q+1;. The summed E-state index contributed by atoms with van der Waals surface area (Å²) in [5.41, 5.74) is 3.53. The van der Waals surface area contributed by atoms with E-state index < -0.39 is 0 Å². The van der Waals surface area contributed by atoms with Crippen molar-refractivity contribution in [2.24, 2.45) is 0 Å². The highest BCUT2D eigenvalue weighted by molar-refractivity contribution is 5.80. The fourth-order valence-electron chi connectivity index (χ4n) is 3.69. The number of para-hydroxylation sites is 2. The number of fused-ring (bicyclic) bond motifs is 2. The van der Waals surface area contributed by atoms with Crippen LogP contribution >= 0.6 is 0 Å². The molecule has 2 aromatic carbocycles. The van der Waals surface area contributed by atoms with Crippen LogP contribution in [0.4, 0.5) is 0 Å². The van der Waals surface area contributed by atoms with Gasteiger partial charge in [0.1, 0.15) is 0 Å². The van der Waals surface area contributed by atoms with E-state index >= 15 is 0 Å². The predicted molar refractivity (Wildman–Crippen MR) is 116 cm³/mol. The van der Waals surface area contributed by atoms with Gasteiger partial charge in [-0.25, -0.2) is 0 Å². The van der Waals surface area contributed by atoms with E-state index in [4.69, 9.17) is 0 Å². The maximum Gasteiger partial charge on any atom is 0.212 e. The molecule has 0 aliphatic carbocycles. The van der Waals surface area contributed by atoms with E-state index in [9.17, 15) is 0 Å². The van der Waals surface area contributed by atoms with E-state index in [1.165, 1.54) is 27.5 Å². The molecule has 0 unspecified atom stereocenters. The van der Waals surface area contributed by atoms with E-state index in [1.54, 1.807) is 0 Å². The quantitative estimate of drug-likeness (QED) is 0.411. The summed E-state index contributed by atoms with van der Waals surface area (Å²) in [7, 11) is 0. The summed E-state index contributed by atoms with van der Waals surface area (Å²) in [5, 5.41) is 2.54. The van der Waals surface area contributed by atoms with Gasteiger partial charge < -0.3 is 4.98 Å². The molecule has 2 aromatic heterocycles. The molecular weight excluding hydrogens is 328 g/mol. The number of nitrogens with one attached hydrogen (secondary N) is 1. The van der Waals surface area contributed by atoms with E-state index in [0.717, 1.165) is 0 Å². The summed E-state index contributed by atoms with van der Waals surface area (Å²) in [5.74, 6) is 0. The molecule has 0 aliphatic rings. The molecule has 0 spiro atoms. The number of rotatable bonds is 3. The van der Waals surface area contributed by atoms with E-state index in [1.807, 2.05) is 13.8 Å². The third-order valence-electron chi connectivity index (χ3n) is 6.04. The molecule has 1 N–H and O–H groups in total. The average Bonchev–Trinajstić information content (AvgIpc) is 3.14. The van der Waals surface area contributed by atoms with Gasteiger partial charge in [0.25, 0.3) is 0 Å². The summed E-state index contributed by atoms with van der Waals surface area (Å²) >= 11 is 0. The zero-order chi connectivity index (χ0) is 19.7. The Balaban J connectivity index is 0.00000102. The van der Waals surface area contributed by atoms with Crippen molar-refractivity contribution < 1.29 is 4.57 Å². The minimum absolute atomic E-state index is 0.0825. The van der Waals surface area contributed by atoms with Crippen molar-refractivity contribution >= 4 is 21.8 Å². The first-order chi connectivity index (χ1) is 12.9. The highest BCUT2D eigenvalue weighted by Crippen LogP contribution is 2.38. The Labute approximate surface area is 162 Å². The van der Waals surface area contributed by atoms with Crippen molar-refractivity contribution in [1.82, 2.24) is 4.98 Å². The summed E-state index contributed by atoms with van der Waals surface area (Å²) in [6.45, 7) is 13.3. The second-order valence-corrected chi connectivity index (χ2v) is 7.89. The van der Waals surface area contributed by atoms with E-state index in [2.05, 4.69) is 110 Å². The lowest BCUT2D eigenvalue weighted by Crippen LogP contribution is -2.62. The van der Waals surface area contributed by atoms with Crippen LogP contribution in [0.3, 0.4) is 0 Å². The average molecular weight is 360 g/mol. The van der Waals surface area contributed by atoms with Crippen LogP contribution in [-0.2, 0) is 11.0 Å². The maximum absolute atomic E-state index is 3.65. The van der Waals surface area contributed by atoms with Crippen LogP contribution < -0.4 is 4.57 Å². The van der Waals surface area contributed by atoms with Gasteiger partial charge in [-0.1, -0.05) is 44.2 Å². The zero-order valence-electron chi connectivity index (χ0n) is 17.4. The Morgan fingerprint density at radius 1 is 0.741 bits per heavy atom. The molecule has 0 fully saturated rings. The van der Waals surface area contributed by atoms with Crippen molar-refractivity contribution in [2.45, 2.75) is 52.5 Å². The van der Waals surface area contributed by atoms with Crippen LogP contribution in [-0.4, -0.2) is 4.98 Å². The number of hydrogen-bond acceptors (Lipinski definition) is 0. The fraction of sp³-hybridized carbons (Fsp3) is 0.320. The number of benzene rings is 2. The second-order valence-electron chi connectivity index (χ2n) is 7.89. The van der Waals surface area contributed by atoms with Crippen LogP contribution in [0.2, 0.25) is 0 Å². The number of H-pyrrole nitrogens is 1. The van der Waals surface area contributed by atoms with Crippen LogP contribution in [0.1, 0.15) is 47.2 Å². The van der Waals surface area contributed by atoms with Gasteiger partial charge in [0, 0.05) is 42.6 Å². The largest absolute Gasteiger partial charge is 0.358 e. The zero-order valence-corrected chi connectivity index (χ0v) is 17.4. The molecule has 2 heterocycles. The molecule has 2 heteroatoms. The van der Waals surface area contributed by atoms with Crippen LogP contribution in [0.15, 0.2) is 72.9 Å². The number of hydrogen-bond donors (Lipinski definition) is 1. The predicted octanol–water partition coefficient (Wildman–Crippen LogP) is 6.35. The fourth-order valence-corrected chi connectivity index (χ4v) is 3.69. The molecule has 0 saturated heterocycles. The number of nitrogens with zero attached hydrogens (tertiary/aromatic N) is 1. The molecule has 4 aromatic rings. The maximum atomic E-state index is 3.65. The van der Waals surface area contributed by atoms with Gasteiger partial charge in [0.2, 0.25) is 5.52 Å². The van der Waals surface area contributed by atoms with Gasteiger partial charge in [-0.15, -0.1) is 0 Å². The monoisotopic (exact) mass is 359 g/mol. The first-order valence-corrected chi connectivity index (χ1v) is 9.89.